The van der Waals surface area contributed by atoms with Gasteiger partial charge in [0.15, 0.2) is 0 Å². The zero-order valence-corrected chi connectivity index (χ0v) is 12.7. The minimum atomic E-state index is -5.66. The first-order chi connectivity index (χ1) is 11.1. The molecule has 1 saturated carbocycles. The van der Waals surface area contributed by atoms with Crippen molar-refractivity contribution >= 4 is 0 Å². The molecule has 0 aromatic heterocycles. The van der Waals surface area contributed by atoms with E-state index in [0.29, 0.717) is 0 Å². The van der Waals surface area contributed by atoms with Gasteiger partial charge in [-0.25, -0.2) is 0 Å². The van der Waals surface area contributed by atoms with Crippen molar-refractivity contribution in [3.8, 4) is 11.8 Å². The lowest BCUT2D eigenvalue weighted by Crippen LogP contribution is -2.60. The predicted molar refractivity (Wildman–Crippen MR) is 75.5 cm³/mol. The monoisotopic (exact) mass is 353 g/mol. The van der Waals surface area contributed by atoms with E-state index in [1.54, 1.807) is 0 Å². The van der Waals surface area contributed by atoms with Crippen LogP contribution < -0.4 is 5.73 Å². The fourth-order valence-corrected chi connectivity index (χ4v) is 2.46. The molecule has 0 bridgehead atoms. The van der Waals surface area contributed by atoms with Crippen molar-refractivity contribution in [1.82, 2.24) is 0 Å². The average molecular weight is 353 g/mol. The molecule has 2 rings (SSSR count). The highest BCUT2D eigenvalue weighted by molar-refractivity contribution is 5.35. The summed E-state index contributed by atoms with van der Waals surface area (Å²) in [6.45, 7) is -0.617. The molecule has 1 fully saturated rings. The van der Waals surface area contributed by atoms with Gasteiger partial charge in [0.05, 0.1) is 0 Å². The van der Waals surface area contributed by atoms with Crippen LogP contribution in [0.1, 0.15) is 32.1 Å². The highest BCUT2D eigenvalue weighted by atomic mass is 19.4. The van der Waals surface area contributed by atoms with Gasteiger partial charge in [-0.15, -0.1) is 0 Å². The van der Waals surface area contributed by atoms with E-state index in [2.05, 4.69) is 16.6 Å². The molecular formula is C16H17F6NO. The Bertz CT molecular complexity index is 572. The number of halogens is 6. The van der Waals surface area contributed by atoms with Crippen molar-refractivity contribution in [3.05, 3.63) is 23.4 Å². The van der Waals surface area contributed by atoms with E-state index in [4.69, 9.17) is 5.73 Å². The van der Waals surface area contributed by atoms with Gasteiger partial charge in [-0.05, 0) is 24.0 Å². The highest BCUT2D eigenvalue weighted by Crippen LogP contribution is 2.51. The van der Waals surface area contributed by atoms with E-state index in [1.807, 2.05) is 0 Å². The van der Waals surface area contributed by atoms with Crippen LogP contribution in [0, 0.1) is 17.8 Å². The molecule has 0 saturated heterocycles. The standard InChI is InChI=1S/C16H17F6NO/c17-15(18,19)14(16(20,21)22,24-10-9-11-5-6-11)12-3-1-2-4-13(23)8-7-12/h7-8,11H,3-6,9-10,23H2/b12-7+,13-8+. The van der Waals surface area contributed by atoms with Crippen LogP contribution in [0.2, 0.25) is 0 Å². The summed E-state index contributed by atoms with van der Waals surface area (Å²) in [6.07, 6.45) is -8.37. The Morgan fingerprint density at radius 1 is 1.00 bits per heavy atom. The lowest BCUT2D eigenvalue weighted by Gasteiger charge is -2.38. The summed E-state index contributed by atoms with van der Waals surface area (Å²) in [5.41, 5.74) is 0.224. The summed E-state index contributed by atoms with van der Waals surface area (Å²) in [6, 6.07) is 0. The Labute approximate surface area is 135 Å². The van der Waals surface area contributed by atoms with Gasteiger partial charge < -0.3 is 10.5 Å². The Morgan fingerprint density at radius 2 is 1.58 bits per heavy atom. The van der Waals surface area contributed by atoms with Crippen molar-refractivity contribution < 1.29 is 31.1 Å². The maximum Gasteiger partial charge on any atom is 0.430 e. The van der Waals surface area contributed by atoms with Gasteiger partial charge >= 0.3 is 12.4 Å². The van der Waals surface area contributed by atoms with Crippen LogP contribution in [0.5, 0.6) is 0 Å². The van der Waals surface area contributed by atoms with Crippen molar-refractivity contribution in [1.29, 1.82) is 0 Å². The maximum atomic E-state index is 13.5. The molecular weight excluding hydrogens is 336 g/mol. The second-order valence-electron chi connectivity index (χ2n) is 5.90. The third-order valence-electron chi connectivity index (χ3n) is 3.99. The molecule has 2 aliphatic rings. The van der Waals surface area contributed by atoms with Crippen LogP contribution in [-0.2, 0) is 4.74 Å². The molecule has 0 radical (unpaired) electrons. The molecule has 0 atom stereocenters. The molecule has 2 nitrogen and oxygen atoms in total. The van der Waals surface area contributed by atoms with Crippen LogP contribution in [-0.4, -0.2) is 24.6 Å². The molecule has 2 N–H and O–H groups in total. The van der Waals surface area contributed by atoms with E-state index >= 15 is 0 Å². The first-order valence-electron chi connectivity index (χ1n) is 7.47. The summed E-state index contributed by atoms with van der Waals surface area (Å²) >= 11 is 0. The van der Waals surface area contributed by atoms with Gasteiger partial charge in [-0.1, -0.05) is 30.8 Å². The number of nitrogens with two attached hydrogens (primary N) is 1. The molecule has 0 heterocycles. The van der Waals surface area contributed by atoms with Gasteiger partial charge in [-0.3, -0.25) is 0 Å². The zero-order chi connectivity index (χ0) is 18.0. The summed E-state index contributed by atoms with van der Waals surface area (Å²) in [5.74, 6) is 4.91. The number of rotatable bonds is 5. The molecule has 0 spiro atoms. The van der Waals surface area contributed by atoms with E-state index < -0.39 is 36.6 Å². The first kappa shape index (κ1) is 18.7. The molecule has 2 aliphatic carbocycles. The number of alkyl halides is 6. The average Bonchev–Trinajstić information content (AvgIpc) is 3.22. The SMILES string of the molecule is N/C1=C/C=C(/C(OCCC2CC2)(C(F)(F)F)C(F)(F)F)CC#CC1. The topological polar surface area (TPSA) is 35.2 Å². The second-order valence-corrected chi connectivity index (χ2v) is 5.90. The van der Waals surface area contributed by atoms with E-state index in [0.717, 1.165) is 25.0 Å². The quantitative estimate of drug-likeness (QED) is 0.593. The molecule has 0 aromatic carbocycles. The third-order valence-corrected chi connectivity index (χ3v) is 3.99. The molecule has 134 valence electrons. The Hall–Kier alpha value is -1.62. The van der Waals surface area contributed by atoms with Crippen LogP contribution in [0.3, 0.4) is 0 Å². The van der Waals surface area contributed by atoms with Crippen LogP contribution in [0.4, 0.5) is 26.3 Å². The zero-order valence-electron chi connectivity index (χ0n) is 12.7. The van der Waals surface area contributed by atoms with Gasteiger partial charge in [0.1, 0.15) is 0 Å². The summed E-state index contributed by atoms with van der Waals surface area (Å²) in [5, 5.41) is 0. The predicted octanol–water partition coefficient (Wildman–Crippen LogP) is 4.23. The summed E-state index contributed by atoms with van der Waals surface area (Å²) in [7, 11) is 0. The third kappa shape index (κ3) is 3.89. The molecule has 24 heavy (non-hydrogen) atoms. The lowest BCUT2D eigenvalue weighted by atomic mass is 9.88. The van der Waals surface area contributed by atoms with Gasteiger partial charge in [0, 0.05) is 25.1 Å². The normalized spacial score (nSPS) is 23.9. The Balaban J connectivity index is 2.44. The van der Waals surface area contributed by atoms with Crippen molar-refractivity contribution in [3.63, 3.8) is 0 Å². The van der Waals surface area contributed by atoms with Gasteiger partial charge in [-0.2, -0.15) is 26.3 Å². The number of hydrogen-bond donors (Lipinski definition) is 1. The Kier molecular flexibility index (Phi) is 5.23. The smallest absolute Gasteiger partial charge is 0.401 e. The van der Waals surface area contributed by atoms with Gasteiger partial charge in [0.2, 0.25) is 0 Å². The minimum Gasteiger partial charge on any atom is -0.401 e. The van der Waals surface area contributed by atoms with Crippen LogP contribution in [0.25, 0.3) is 0 Å². The number of hydrogen-bond acceptors (Lipinski definition) is 2. The first-order valence-corrected chi connectivity index (χ1v) is 7.47. The second kappa shape index (κ2) is 6.71. The fraction of sp³-hybridized carbons (Fsp3) is 0.625. The van der Waals surface area contributed by atoms with Crippen molar-refractivity contribution in [2.45, 2.75) is 50.1 Å². The fourth-order valence-electron chi connectivity index (χ4n) is 2.46. The molecule has 0 unspecified atom stereocenters. The van der Waals surface area contributed by atoms with E-state index in [9.17, 15) is 26.3 Å². The minimum absolute atomic E-state index is 0.0935. The number of ether oxygens (including phenoxy) is 1. The van der Waals surface area contributed by atoms with Crippen LogP contribution >= 0.6 is 0 Å². The largest absolute Gasteiger partial charge is 0.430 e. The van der Waals surface area contributed by atoms with Crippen molar-refractivity contribution in [2.75, 3.05) is 6.61 Å². The Morgan fingerprint density at radius 3 is 2.12 bits per heavy atom. The molecule has 8 heteroatoms. The molecule has 0 aliphatic heterocycles. The number of allylic oxidation sites excluding steroid dienone is 3. The molecule has 0 aromatic rings. The van der Waals surface area contributed by atoms with Gasteiger partial charge in [0.25, 0.3) is 5.60 Å². The van der Waals surface area contributed by atoms with Crippen LogP contribution in [0.15, 0.2) is 23.4 Å². The summed E-state index contributed by atoms with van der Waals surface area (Å²) < 4.78 is 85.8. The maximum absolute atomic E-state index is 13.5. The lowest BCUT2D eigenvalue weighted by molar-refractivity contribution is -0.365. The van der Waals surface area contributed by atoms with E-state index in [1.165, 1.54) is 0 Å². The highest BCUT2D eigenvalue weighted by Gasteiger charge is 2.73. The van der Waals surface area contributed by atoms with E-state index in [-0.39, 0.29) is 24.5 Å². The van der Waals surface area contributed by atoms with Crippen molar-refractivity contribution in [2.24, 2.45) is 11.7 Å². The summed E-state index contributed by atoms with van der Waals surface area (Å²) in [4.78, 5) is 0. The molecule has 0 amide bonds.